The molecule has 4 rings (SSSR count). The number of rotatable bonds is 6. The number of benzene rings is 2. The molecule has 30 heavy (non-hydrogen) atoms. The largest absolute Gasteiger partial charge is 0.481 e. The second-order valence-corrected chi connectivity index (χ2v) is 8.17. The van der Waals surface area contributed by atoms with Crippen LogP contribution in [0.15, 0.2) is 53.7 Å². The normalized spacial score (nSPS) is 21.1. The molecule has 0 bridgehead atoms. The van der Waals surface area contributed by atoms with E-state index in [9.17, 15) is 18.7 Å². The van der Waals surface area contributed by atoms with Crippen molar-refractivity contribution in [2.24, 2.45) is 10.6 Å². The average Bonchev–Trinajstić information content (AvgIpc) is 3.19. The van der Waals surface area contributed by atoms with Crippen LogP contribution in [0.4, 0.5) is 8.78 Å². The number of carboxylic acids is 1. The van der Waals surface area contributed by atoms with Crippen LogP contribution in [0.5, 0.6) is 0 Å². The van der Waals surface area contributed by atoms with E-state index in [1.807, 2.05) is 0 Å². The number of hydrogen-bond acceptors (Lipinski definition) is 4. The summed E-state index contributed by atoms with van der Waals surface area (Å²) < 4.78 is 26.6. The fourth-order valence-corrected chi connectivity index (χ4v) is 4.30. The molecule has 2 aliphatic rings. The summed E-state index contributed by atoms with van der Waals surface area (Å²) in [5.41, 5.74) is 1.45. The zero-order valence-electron chi connectivity index (χ0n) is 16.6. The number of hydrogen-bond donors (Lipinski definition) is 1. The molecule has 0 radical (unpaired) electrons. The number of aliphatic carboxylic acids is 1. The average molecular weight is 414 g/mol. The van der Waals surface area contributed by atoms with E-state index < -0.39 is 11.4 Å². The van der Waals surface area contributed by atoms with Crippen molar-refractivity contribution in [1.29, 1.82) is 0 Å². The lowest BCUT2D eigenvalue weighted by Crippen LogP contribution is -2.45. The quantitative estimate of drug-likeness (QED) is 0.769. The minimum Gasteiger partial charge on any atom is -0.481 e. The van der Waals surface area contributed by atoms with E-state index in [1.54, 1.807) is 24.3 Å². The van der Waals surface area contributed by atoms with Crippen LogP contribution in [0.3, 0.4) is 0 Å². The highest BCUT2D eigenvalue weighted by Crippen LogP contribution is 2.39. The van der Waals surface area contributed by atoms with Gasteiger partial charge in [0.15, 0.2) is 0 Å². The summed E-state index contributed by atoms with van der Waals surface area (Å²) in [7, 11) is 0. The molecule has 2 aromatic carbocycles. The van der Waals surface area contributed by atoms with Gasteiger partial charge in [-0.3, -0.25) is 9.69 Å². The molecule has 0 aromatic heterocycles. The Balaban J connectivity index is 1.35. The zero-order chi connectivity index (χ0) is 21.1. The van der Waals surface area contributed by atoms with E-state index in [1.165, 1.54) is 24.3 Å². The summed E-state index contributed by atoms with van der Waals surface area (Å²) in [5, 5.41) is 14.1. The molecule has 2 aliphatic heterocycles. The van der Waals surface area contributed by atoms with Gasteiger partial charge in [-0.25, -0.2) is 8.78 Å². The van der Waals surface area contributed by atoms with Crippen molar-refractivity contribution in [2.75, 3.05) is 13.1 Å². The van der Waals surface area contributed by atoms with Crippen molar-refractivity contribution in [3.05, 3.63) is 71.3 Å². The first-order valence-electron chi connectivity index (χ1n) is 10.1. The van der Waals surface area contributed by atoms with Crippen LogP contribution in [0, 0.1) is 17.0 Å². The highest BCUT2D eigenvalue weighted by atomic mass is 19.1. The highest BCUT2D eigenvalue weighted by molar-refractivity contribution is 6.01. The summed E-state index contributed by atoms with van der Waals surface area (Å²) in [6.07, 6.45) is 1.53. The van der Waals surface area contributed by atoms with Gasteiger partial charge >= 0.3 is 5.97 Å². The van der Waals surface area contributed by atoms with Crippen molar-refractivity contribution >= 4 is 11.7 Å². The van der Waals surface area contributed by atoms with E-state index in [4.69, 9.17) is 4.84 Å². The molecule has 0 aliphatic carbocycles. The van der Waals surface area contributed by atoms with Crippen LogP contribution < -0.4 is 0 Å². The number of carbonyl (C=O) groups is 1. The topological polar surface area (TPSA) is 62.1 Å². The van der Waals surface area contributed by atoms with Crippen LogP contribution in [0.2, 0.25) is 0 Å². The fraction of sp³-hybridized carbons (Fsp3) is 0.391. The Morgan fingerprint density at radius 1 is 1.13 bits per heavy atom. The van der Waals surface area contributed by atoms with Gasteiger partial charge in [0.2, 0.25) is 0 Å². The highest BCUT2D eigenvalue weighted by Gasteiger charge is 2.44. The molecule has 2 aromatic rings. The molecular formula is C23H24F2N2O3. The maximum Gasteiger partial charge on any atom is 0.309 e. The Labute approximate surface area is 174 Å². The number of carboxylic acid groups (broad SMARTS) is 1. The third-order valence-corrected chi connectivity index (χ3v) is 6.10. The predicted molar refractivity (Wildman–Crippen MR) is 108 cm³/mol. The standard InChI is InChI=1S/C23H24F2N2O3/c24-18-6-4-16(5-7-18)15-27-10-8-23(9-11-27,22(28)29)14-20-13-21(26-30-20)17-2-1-3-19(25)12-17/h1-7,12,20H,8-11,13-15H2,(H,28,29). The predicted octanol–water partition coefficient (Wildman–Crippen LogP) is 4.21. The SMILES string of the molecule is O=C(O)C1(CC2CC(c3cccc(F)c3)=NO2)CCN(Cc2ccc(F)cc2)CC1. The van der Waals surface area contributed by atoms with E-state index in [-0.39, 0.29) is 17.7 Å². The van der Waals surface area contributed by atoms with Crippen molar-refractivity contribution in [3.63, 3.8) is 0 Å². The lowest BCUT2D eigenvalue weighted by Gasteiger charge is -2.39. The van der Waals surface area contributed by atoms with Crippen molar-refractivity contribution in [1.82, 2.24) is 4.90 Å². The Bertz CT molecular complexity index is 938. The van der Waals surface area contributed by atoms with E-state index >= 15 is 0 Å². The lowest BCUT2D eigenvalue weighted by atomic mass is 9.73. The smallest absolute Gasteiger partial charge is 0.309 e. The molecule has 158 valence electrons. The fourth-order valence-electron chi connectivity index (χ4n) is 4.30. The number of oxime groups is 1. The third kappa shape index (κ3) is 4.51. The summed E-state index contributed by atoms with van der Waals surface area (Å²) in [6.45, 7) is 1.96. The van der Waals surface area contributed by atoms with E-state index in [0.717, 1.165) is 5.56 Å². The second-order valence-electron chi connectivity index (χ2n) is 8.17. The first-order valence-corrected chi connectivity index (χ1v) is 10.1. The van der Waals surface area contributed by atoms with Crippen LogP contribution >= 0.6 is 0 Å². The molecular weight excluding hydrogens is 390 g/mol. The van der Waals surface area contributed by atoms with Gasteiger partial charge in [-0.2, -0.15) is 0 Å². The number of piperidine rings is 1. The van der Waals surface area contributed by atoms with Gasteiger partial charge in [0.05, 0.1) is 11.1 Å². The van der Waals surface area contributed by atoms with Crippen LogP contribution in [-0.4, -0.2) is 40.9 Å². The summed E-state index contributed by atoms with van der Waals surface area (Å²) in [4.78, 5) is 19.9. The van der Waals surface area contributed by atoms with Gasteiger partial charge in [-0.05, 0) is 55.8 Å². The Kier molecular flexibility index (Phi) is 5.81. The molecule has 1 N–H and O–H groups in total. The van der Waals surface area contributed by atoms with Gasteiger partial charge in [-0.15, -0.1) is 0 Å². The first kappa shape index (κ1) is 20.5. The minimum absolute atomic E-state index is 0.265. The molecule has 2 heterocycles. The number of likely N-dealkylation sites (tertiary alicyclic amines) is 1. The molecule has 7 heteroatoms. The number of halogens is 2. The molecule has 0 spiro atoms. The van der Waals surface area contributed by atoms with Gasteiger partial charge < -0.3 is 9.94 Å². The second kappa shape index (κ2) is 8.52. The van der Waals surface area contributed by atoms with Crippen molar-refractivity contribution in [3.8, 4) is 0 Å². The molecule has 1 saturated heterocycles. The summed E-state index contributed by atoms with van der Waals surface area (Å²) in [5.74, 6) is -1.42. The molecule has 1 unspecified atom stereocenters. The summed E-state index contributed by atoms with van der Waals surface area (Å²) >= 11 is 0. The number of nitrogens with zero attached hydrogens (tertiary/aromatic N) is 2. The van der Waals surface area contributed by atoms with Crippen LogP contribution in [0.25, 0.3) is 0 Å². The lowest BCUT2D eigenvalue weighted by molar-refractivity contribution is -0.155. The van der Waals surface area contributed by atoms with Crippen LogP contribution in [0.1, 0.15) is 36.8 Å². The molecule has 0 amide bonds. The molecule has 5 nitrogen and oxygen atoms in total. The molecule has 0 saturated carbocycles. The van der Waals surface area contributed by atoms with Gasteiger partial charge in [-0.1, -0.05) is 29.4 Å². The van der Waals surface area contributed by atoms with E-state index in [2.05, 4.69) is 10.1 Å². The zero-order valence-corrected chi connectivity index (χ0v) is 16.6. The Morgan fingerprint density at radius 3 is 2.53 bits per heavy atom. The monoisotopic (exact) mass is 414 g/mol. The maximum atomic E-state index is 13.5. The first-order chi connectivity index (χ1) is 14.4. The third-order valence-electron chi connectivity index (χ3n) is 6.10. The van der Waals surface area contributed by atoms with Crippen LogP contribution in [-0.2, 0) is 16.2 Å². The van der Waals surface area contributed by atoms with Gasteiger partial charge in [0.1, 0.15) is 17.7 Å². The van der Waals surface area contributed by atoms with Gasteiger partial charge in [0.25, 0.3) is 0 Å². The van der Waals surface area contributed by atoms with Crippen molar-refractivity contribution < 1.29 is 23.5 Å². The summed E-state index contributed by atoms with van der Waals surface area (Å²) in [6, 6.07) is 12.6. The maximum absolute atomic E-state index is 13.5. The van der Waals surface area contributed by atoms with E-state index in [0.29, 0.717) is 56.6 Å². The Morgan fingerprint density at radius 2 is 1.87 bits per heavy atom. The minimum atomic E-state index is -0.864. The van der Waals surface area contributed by atoms with Crippen molar-refractivity contribution in [2.45, 2.75) is 38.3 Å². The molecule has 1 fully saturated rings. The Hall–Kier alpha value is -2.80. The molecule has 1 atom stereocenters. The van der Waals surface area contributed by atoms with Gasteiger partial charge in [0, 0.05) is 24.9 Å².